The van der Waals surface area contributed by atoms with Crippen molar-refractivity contribution in [3.8, 4) is 17.2 Å². The van der Waals surface area contributed by atoms with E-state index in [-0.39, 0.29) is 25.0 Å². The van der Waals surface area contributed by atoms with E-state index in [0.717, 1.165) is 16.9 Å². The molecule has 4 rings (SSSR count). The van der Waals surface area contributed by atoms with Crippen molar-refractivity contribution in [2.24, 2.45) is 0 Å². The van der Waals surface area contributed by atoms with Crippen LogP contribution in [-0.2, 0) is 9.59 Å². The average molecular weight is 447 g/mol. The van der Waals surface area contributed by atoms with E-state index in [2.05, 4.69) is 5.32 Å². The predicted octanol–water partition coefficient (Wildman–Crippen LogP) is 4.13. The van der Waals surface area contributed by atoms with Crippen molar-refractivity contribution in [2.75, 3.05) is 36.6 Å². The topological polar surface area (TPSA) is 77.1 Å². The predicted molar refractivity (Wildman–Crippen MR) is 126 cm³/mol. The number of amides is 2. The van der Waals surface area contributed by atoms with E-state index in [1.807, 2.05) is 62.4 Å². The van der Waals surface area contributed by atoms with Gasteiger partial charge in [0.05, 0.1) is 12.2 Å². The Bertz CT molecular complexity index is 1140. The minimum atomic E-state index is -0.298. The molecule has 33 heavy (non-hydrogen) atoms. The third kappa shape index (κ3) is 5.83. The van der Waals surface area contributed by atoms with E-state index in [9.17, 15) is 9.59 Å². The Morgan fingerprint density at radius 1 is 0.970 bits per heavy atom. The fraction of sp³-hybridized carbons (Fsp3) is 0.231. The summed E-state index contributed by atoms with van der Waals surface area (Å²) in [6, 6.07) is 20.4. The molecule has 0 aromatic heterocycles. The molecule has 0 atom stereocenters. The number of benzene rings is 3. The molecule has 0 aliphatic carbocycles. The highest BCUT2D eigenvalue weighted by atomic mass is 16.5. The number of hydrogen-bond donors (Lipinski definition) is 1. The standard InChI is InChI=1S/C26H26N2O5/c1-18-6-9-21(10-7-18)32-16-25(29)27-20-8-11-24-23(15-20)28(26(30)17-33-24)12-13-31-22-5-3-4-19(2)14-22/h3-11,14-15H,12-13,16-17H2,1-2H3,(H,27,29). The molecule has 0 bridgehead atoms. The number of hydrogen-bond acceptors (Lipinski definition) is 5. The number of carbonyl (C=O) groups excluding carboxylic acids is 2. The zero-order chi connectivity index (χ0) is 23.2. The van der Waals surface area contributed by atoms with Gasteiger partial charge in [-0.25, -0.2) is 0 Å². The van der Waals surface area contributed by atoms with E-state index >= 15 is 0 Å². The zero-order valence-corrected chi connectivity index (χ0v) is 18.7. The van der Waals surface area contributed by atoms with Gasteiger partial charge in [0.25, 0.3) is 11.8 Å². The summed E-state index contributed by atoms with van der Waals surface area (Å²) in [5.41, 5.74) is 3.36. The van der Waals surface area contributed by atoms with Crippen LogP contribution in [0.25, 0.3) is 0 Å². The molecule has 0 radical (unpaired) electrons. The first kappa shape index (κ1) is 22.2. The summed E-state index contributed by atoms with van der Waals surface area (Å²) in [6.45, 7) is 4.51. The van der Waals surface area contributed by atoms with Crippen LogP contribution in [0, 0.1) is 13.8 Å². The Labute approximate surface area is 192 Å². The van der Waals surface area contributed by atoms with Crippen molar-refractivity contribution in [3.63, 3.8) is 0 Å². The van der Waals surface area contributed by atoms with Crippen molar-refractivity contribution in [1.29, 1.82) is 0 Å². The average Bonchev–Trinajstić information content (AvgIpc) is 2.80. The van der Waals surface area contributed by atoms with Crippen LogP contribution >= 0.6 is 0 Å². The van der Waals surface area contributed by atoms with Gasteiger partial charge in [0.2, 0.25) is 0 Å². The normalized spacial score (nSPS) is 12.5. The van der Waals surface area contributed by atoms with E-state index < -0.39 is 0 Å². The van der Waals surface area contributed by atoms with E-state index in [1.54, 1.807) is 23.1 Å². The number of anilines is 2. The maximum absolute atomic E-state index is 12.5. The molecule has 2 amide bonds. The molecule has 1 aliphatic rings. The Morgan fingerprint density at radius 3 is 2.58 bits per heavy atom. The highest BCUT2D eigenvalue weighted by Crippen LogP contribution is 2.34. The molecule has 1 aliphatic heterocycles. The summed E-state index contributed by atoms with van der Waals surface area (Å²) in [5, 5.41) is 2.81. The SMILES string of the molecule is Cc1ccc(OCC(=O)Nc2ccc3c(c2)N(CCOc2cccc(C)c2)C(=O)CO3)cc1. The van der Waals surface area contributed by atoms with Crippen LogP contribution in [0.15, 0.2) is 66.7 Å². The van der Waals surface area contributed by atoms with Gasteiger partial charge in [-0.1, -0.05) is 29.8 Å². The molecular formula is C26H26N2O5. The second-order valence-electron chi connectivity index (χ2n) is 7.83. The number of ether oxygens (including phenoxy) is 3. The molecule has 0 saturated carbocycles. The lowest BCUT2D eigenvalue weighted by atomic mass is 10.2. The van der Waals surface area contributed by atoms with Crippen molar-refractivity contribution < 1.29 is 23.8 Å². The summed E-state index contributed by atoms with van der Waals surface area (Å²) in [7, 11) is 0. The minimum Gasteiger partial charge on any atom is -0.492 e. The lowest BCUT2D eigenvalue weighted by Crippen LogP contribution is -2.41. The van der Waals surface area contributed by atoms with Gasteiger partial charge >= 0.3 is 0 Å². The summed E-state index contributed by atoms with van der Waals surface area (Å²) < 4.78 is 16.9. The van der Waals surface area contributed by atoms with Gasteiger partial charge in [-0.3, -0.25) is 9.59 Å². The van der Waals surface area contributed by atoms with Gasteiger partial charge in [0.15, 0.2) is 13.2 Å². The van der Waals surface area contributed by atoms with Crippen LogP contribution in [0.1, 0.15) is 11.1 Å². The molecule has 3 aromatic carbocycles. The number of nitrogens with zero attached hydrogens (tertiary/aromatic N) is 1. The Morgan fingerprint density at radius 2 is 1.79 bits per heavy atom. The first-order valence-electron chi connectivity index (χ1n) is 10.7. The van der Waals surface area contributed by atoms with Crippen molar-refractivity contribution >= 4 is 23.2 Å². The van der Waals surface area contributed by atoms with E-state index in [1.165, 1.54) is 0 Å². The molecule has 1 N–H and O–H groups in total. The van der Waals surface area contributed by atoms with E-state index in [4.69, 9.17) is 14.2 Å². The van der Waals surface area contributed by atoms with Gasteiger partial charge in [0, 0.05) is 5.69 Å². The monoisotopic (exact) mass is 446 g/mol. The van der Waals surface area contributed by atoms with Crippen LogP contribution in [0.4, 0.5) is 11.4 Å². The highest BCUT2D eigenvalue weighted by Gasteiger charge is 2.26. The van der Waals surface area contributed by atoms with Crippen molar-refractivity contribution in [3.05, 3.63) is 77.9 Å². The van der Waals surface area contributed by atoms with Crippen LogP contribution in [0.2, 0.25) is 0 Å². The molecule has 0 unspecified atom stereocenters. The number of rotatable bonds is 8. The first-order chi connectivity index (χ1) is 16.0. The van der Waals surface area contributed by atoms with Crippen molar-refractivity contribution in [2.45, 2.75) is 13.8 Å². The Hall–Kier alpha value is -4.00. The lowest BCUT2D eigenvalue weighted by molar-refractivity contribution is -0.121. The molecule has 3 aromatic rings. The van der Waals surface area contributed by atoms with Crippen LogP contribution in [0.5, 0.6) is 17.2 Å². The fourth-order valence-electron chi connectivity index (χ4n) is 3.47. The zero-order valence-electron chi connectivity index (χ0n) is 18.7. The summed E-state index contributed by atoms with van der Waals surface area (Å²) in [5.74, 6) is 1.50. The van der Waals surface area contributed by atoms with Gasteiger partial charge in [-0.05, 0) is 61.9 Å². The molecule has 1 heterocycles. The Kier molecular flexibility index (Phi) is 6.78. The maximum atomic E-state index is 12.5. The lowest BCUT2D eigenvalue weighted by Gasteiger charge is -2.29. The van der Waals surface area contributed by atoms with E-state index in [0.29, 0.717) is 36.0 Å². The molecule has 7 heteroatoms. The maximum Gasteiger partial charge on any atom is 0.265 e. The second kappa shape index (κ2) is 10.1. The van der Waals surface area contributed by atoms with Gasteiger partial charge in [0.1, 0.15) is 23.9 Å². The molecular weight excluding hydrogens is 420 g/mol. The molecule has 0 saturated heterocycles. The molecule has 170 valence electrons. The number of aryl methyl sites for hydroxylation is 2. The number of nitrogens with one attached hydrogen (secondary N) is 1. The largest absolute Gasteiger partial charge is 0.492 e. The van der Waals surface area contributed by atoms with Crippen molar-refractivity contribution in [1.82, 2.24) is 0 Å². The minimum absolute atomic E-state index is 0.0342. The first-order valence-corrected chi connectivity index (χ1v) is 10.7. The van der Waals surface area contributed by atoms with Crippen LogP contribution in [0.3, 0.4) is 0 Å². The quantitative estimate of drug-likeness (QED) is 0.563. The molecule has 7 nitrogen and oxygen atoms in total. The van der Waals surface area contributed by atoms with Gasteiger partial charge in [-0.2, -0.15) is 0 Å². The third-order valence-corrected chi connectivity index (χ3v) is 5.15. The molecule has 0 fully saturated rings. The molecule has 0 spiro atoms. The van der Waals surface area contributed by atoms with Gasteiger partial charge < -0.3 is 24.4 Å². The Balaban J connectivity index is 1.38. The second-order valence-corrected chi connectivity index (χ2v) is 7.83. The number of carbonyl (C=O) groups is 2. The third-order valence-electron chi connectivity index (χ3n) is 5.15. The summed E-state index contributed by atoms with van der Waals surface area (Å²) in [4.78, 5) is 26.5. The number of fused-ring (bicyclic) bond motifs is 1. The smallest absolute Gasteiger partial charge is 0.265 e. The summed E-state index contributed by atoms with van der Waals surface area (Å²) in [6.07, 6.45) is 0. The summed E-state index contributed by atoms with van der Waals surface area (Å²) >= 11 is 0. The fourth-order valence-corrected chi connectivity index (χ4v) is 3.47. The van der Waals surface area contributed by atoms with Crippen LogP contribution < -0.4 is 24.4 Å². The van der Waals surface area contributed by atoms with Gasteiger partial charge in [-0.15, -0.1) is 0 Å². The van der Waals surface area contributed by atoms with Crippen LogP contribution in [-0.4, -0.2) is 38.2 Å². The highest BCUT2D eigenvalue weighted by molar-refractivity contribution is 5.99.